The van der Waals surface area contributed by atoms with Gasteiger partial charge in [0.2, 0.25) is 5.95 Å². The lowest BCUT2D eigenvalue weighted by Gasteiger charge is -2.33. The molecule has 13 rings (SSSR count). The highest BCUT2D eigenvalue weighted by Crippen LogP contribution is 2.53. The minimum absolute atomic E-state index is 0.537. The largest absolute Gasteiger partial charge is 0.309 e. The zero-order valence-corrected chi connectivity index (χ0v) is 34.5. The monoisotopic (exact) mass is 816 g/mol. The normalized spacial score (nSPS) is 12.0. The number of benzene rings is 9. The summed E-state index contributed by atoms with van der Waals surface area (Å²) in [4.78, 5) is 23.3. The van der Waals surface area contributed by atoms with E-state index in [1.807, 2.05) is 60.7 Å². The zero-order valence-electron chi connectivity index (χ0n) is 34.5. The van der Waals surface area contributed by atoms with Crippen molar-refractivity contribution >= 4 is 60.8 Å². The fraction of sp³-hybridized carbons (Fsp3) is 0. The molecule has 6 heteroatoms. The summed E-state index contributed by atoms with van der Waals surface area (Å²) < 4.78 is 2.38. The van der Waals surface area contributed by atoms with Crippen molar-refractivity contribution in [3.05, 3.63) is 218 Å². The van der Waals surface area contributed by atoms with Gasteiger partial charge in [0, 0.05) is 43.9 Å². The average molecular weight is 817 g/mol. The molecule has 1 aliphatic heterocycles. The predicted octanol–water partition coefficient (Wildman–Crippen LogP) is 14.8. The number of fused-ring (bicyclic) bond motifs is 7. The van der Waals surface area contributed by atoms with Crippen LogP contribution in [0.4, 0.5) is 17.3 Å². The minimum atomic E-state index is 0.537. The summed E-state index contributed by atoms with van der Waals surface area (Å²) in [5.41, 5.74) is 14.7. The molecular formula is C58H36N6. The van der Waals surface area contributed by atoms with E-state index in [0.717, 1.165) is 72.2 Å². The second kappa shape index (κ2) is 14.4. The van der Waals surface area contributed by atoms with Crippen LogP contribution in [0, 0.1) is 0 Å². The Labute approximate surface area is 369 Å². The van der Waals surface area contributed by atoms with E-state index in [1.165, 1.54) is 32.9 Å². The van der Waals surface area contributed by atoms with Crippen molar-refractivity contribution in [1.82, 2.24) is 24.5 Å². The molecule has 3 aromatic heterocycles. The van der Waals surface area contributed by atoms with Crippen molar-refractivity contribution in [1.29, 1.82) is 0 Å². The molecule has 0 amide bonds. The average Bonchev–Trinajstić information content (AvgIpc) is 3.70. The van der Waals surface area contributed by atoms with Gasteiger partial charge in [-0.1, -0.05) is 170 Å². The zero-order chi connectivity index (χ0) is 42.1. The number of aromatic nitrogens is 5. The van der Waals surface area contributed by atoms with Crippen LogP contribution in [0.3, 0.4) is 0 Å². The van der Waals surface area contributed by atoms with Crippen LogP contribution in [0.5, 0.6) is 0 Å². The van der Waals surface area contributed by atoms with Crippen LogP contribution in [0.2, 0.25) is 0 Å². The minimum Gasteiger partial charge on any atom is -0.309 e. The molecule has 64 heavy (non-hydrogen) atoms. The van der Waals surface area contributed by atoms with Gasteiger partial charge < -0.3 is 4.57 Å². The van der Waals surface area contributed by atoms with E-state index in [4.69, 9.17) is 19.9 Å². The smallest absolute Gasteiger partial charge is 0.238 e. The topological polar surface area (TPSA) is 59.7 Å². The lowest BCUT2D eigenvalue weighted by molar-refractivity contribution is 1.02. The molecule has 6 nitrogen and oxygen atoms in total. The van der Waals surface area contributed by atoms with Gasteiger partial charge in [-0.15, -0.1) is 0 Å². The van der Waals surface area contributed by atoms with Crippen LogP contribution < -0.4 is 4.90 Å². The maximum absolute atomic E-state index is 5.49. The van der Waals surface area contributed by atoms with Crippen LogP contribution in [-0.2, 0) is 0 Å². The van der Waals surface area contributed by atoms with E-state index in [1.54, 1.807) is 0 Å². The Hall–Kier alpha value is -8.74. The molecule has 4 heterocycles. The van der Waals surface area contributed by atoms with Gasteiger partial charge in [-0.05, 0) is 76.2 Å². The lowest BCUT2D eigenvalue weighted by atomic mass is 9.88. The van der Waals surface area contributed by atoms with Crippen LogP contribution in [0.15, 0.2) is 218 Å². The summed E-state index contributed by atoms with van der Waals surface area (Å²) in [6, 6.07) is 76.8. The summed E-state index contributed by atoms with van der Waals surface area (Å²) in [6.07, 6.45) is 0. The summed E-state index contributed by atoms with van der Waals surface area (Å²) in [5.74, 6) is 1.75. The van der Waals surface area contributed by atoms with Crippen molar-refractivity contribution in [3.8, 4) is 62.0 Å². The van der Waals surface area contributed by atoms with E-state index in [0.29, 0.717) is 17.6 Å². The van der Waals surface area contributed by atoms with Crippen molar-refractivity contribution < 1.29 is 0 Å². The summed E-state index contributed by atoms with van der Waals surface area (Å²) in [5, 5.41) is 5.74. The highest BCUT2D eigenvalue weighted by atomic mass is 15.3. The van der Waals surface area contributed by atoms with Gasteiger partial charge >= 0.3 is 0 Å². The third kappa shape index (κ3) is 5.66. The molecule has 0 atom stereocenters. The van der Waals surface area contributed by atoms with Gasteiger partial charge in [0.25, 0.3) is 0 Å². The number of rotatable bonds is 6. The van der Waals surface area contributed by atoms with Gasteiger partial charge in [0.05, 0.1) is 33.6 Å². The van der Waals surface area contributed by atoms with Crippen LogP contribution in [0.1, 0.15) is 0 Å². The maximum atomic E-state index is 5.49. The summed E-state index contributed by atoms with van der Waals surface area (Å²) in [7, 11) is 0. The molecule has 12 aromatic rings. The van der Waals surface area contributed by atoms with Crippen molar-refractivity contribution in [3.63, 3.8) is 0 Å². The first kappa shape index (κ1) is 36.0. The van der Waals surface area contributed by atoms with Crippen molar-refractivity contribution in [2.75, 3.05) is 4.90 Å². The highest BCUT2D eigenvalue weighted by molar-refractivity contribution is 6.21. The first-order valence-corrected chi connectivity index (χ1v) is 21.6. The first-order valence-electron chi connectivity index (χ1n) is 21.6. The Kier molecular flexibility index (Phi) is 8.11. The molecule has 0 fully saturated rings. The van der Waals surface area contributed by atoms with Crippen LogP contribution in [0.25, 0.3) is 105 Å². The SMILES string of the molecule is c1ccc(-c2ccc3c(c2)c2ccccc2n3-c2ccc(-c3cccc4c3-c3nc5ccccc5c5cccc(c35)N4c3nc(-c4ccccc4)nc(-c4ccccc4)n3)cc2)cc1. The van der Waals surface area contributed by atoms with Gasteiger partial charge in [0.15, 0.2) is 11.6 Å². The molecule has 0 N–H and O–H groups in total. The Morgan fingerprint density at radius 1 is 0.344 bits per heavy atom. The number of hydrogen-bond donors (Lipinski definition) is 0. The molecule has 0 radical (unpaired) electrons. The van der Waals surface area contributed by atoms with Gasteiger partial charge in [-0.25, -0.2) is 9.97 Å². The third-order valence-electron chi connectivity index (χ3n) is 12.6. The molecule has 298 valence electrons. The summed E-state index contributed by atoms with van der Waals surface area (Å²) in [6.45, 7) is 0. The molecule has 0 unspecified atom stereocenters. The Bertz CT molecular complexity index is 3710. The summed E-state index contributed by atoms with van der Waals surface area (Å²) >= 11 is 0. The molecule has 0 bridgehead atoms. The lowest BCUT2D eigenvalue weighted by Crippen LogP contribution is -2.19. The number of para-hydroxylation sites is 2. The quantitative estimate of drug-likeness (QED) is 0.156. The second-order valence-electron chi connectivity index (χ2n) is 16.2. The molecule has 0 saturated heterocycles. The third-order valence-corrected chi connectivity index (χ3v) is 12.6. The molecule has 0 spiro atoms. The molecule has 9 aromatic carbocycles. The second-order valence-corrected chi connectivity index (χ2v) is 16.2. The Morgan fingerprint density at radius 2 is 0.922 bits per heavy atom. The first-order chi connectivity index (χ1) is 31.7. The van der Waals surface area contributed by atoms with E-state index in [9.17, 15) is 0 Å². The molecule has 1 aliphatic rings. The molecule has 0 saturated carbocycles. The van der Waals surface area contributed by atoms with Gasteiger partial charge in [-0.2, -0.15) is 9.97 Å². The fourth-order valence-corrected chi connectivity index (χ4v) is 9.67. The fourth-order valence-electron chi connectivity index (χ4n) is 9.67. The number of pyridine rings is 1. The van der Waals surface area contributed by atoms with Crippen molar-refractivity contribution in [2.45, 2.75) is 0 Å². The van der Waals surface area contributed by atoms with E-state index in [-0.39, 0.29) is 0 Å². The molecule has 0 aliphatic carbocycles. The highest BCUT2D eigenvalue weighted by Gasteiger charge is 2.32. The van der Waals surface area contributed by atoms with Crippen molar-refractivity contribution in [2.24, 2.45) is 0 Å². The van der Waals surface area contributed by atoms with Gasteiger partial charge in [0.1, 0.15) is 0 Å². The van der Waals surface area contributed by atoms with Gasteiger partial charge in [-0.3, -0.25) is 4.90 Å². The van der Waals surface area contributed by atoms with E-state index >= 15 is 0 Å². The Balaban J connectivity index is 1.02. The molecular weight excluding hydrogens is 781 g/mol. The predicted molar refractivity (Wildman–Crippen MR) is 262 cm³/mol. The van der Waals surface area contributed by atoms with E-state index in [2.05, 4.69) is 167 Å². The maximum Gasteiger partial charge on any atom is 0.238 e. The number of nitrogens with zero attached hydrogens (tertiary/aromatic N) is 6. The number of anilines is 3. The standard InChI is InChI=1S/C58H36N6/c1-4-16-37(17-5-1)41-32-35-50-47(36-41)45-23-11-13-27-49(45)63(50)42-33-30-38(31-34-42)43-24-14-28-51-53(43)55-54-46(44-22-10-12-26-48(44)59-55)25-15-29-52(54)64(51)58-61-56(39-18-6-2-7-19-39)60-57(62-58)40-20-8-3-9-21-40/h1-36H. The Morgan fingerprint density at radius 3 is 1.66 bits per heavy atom. The van der Waals surface area contributed by atoms with Crippen LogP contribution >= 0.6 is 0 Å². The van der Waals surface area contributed by atoms with E-state index < -0.39 is 0 Å². The number of hydrogen-bond acceptors (Lipinski definition) is 5. The van der Waals surface area contributed by atoms with Crippen LogP contribution in [-0.4, -0.2) is 24.5 Å².